The van der Waals surface area contributed by atoms with Gasteiger partial charge in [0, 0.05) is 25.3 Å². The Kier molecular flexibility index (Phi) is 5.94. The lowest BCUT2D eigenvalue weighted by atomic mass is 10.2. The van der Waals surface area contributed by atoms with Crippen molar-refractivity contribution < 1.29 is 9.59 Å². The second-order valence-corrected chi connectivity index (χ2v) is 7.20. The third-order valence-corrected chi connectivity index (χ3v) is 4.86. The van der Waals surface area contributed by atoms with Crippen molar-refractivity contribution in [3.8, 4) is 0 Å². The number of rotatable bonds is 6. The quantitative estimate of drug-likeness (QED) is 0.693. The Balaban J connectivity index is 1.91. The first kappa shape index (κ1) is 17.2. The fraction of sp³-hybridized carbons (Fsp3) is 0.286. The molecule has 0 saturated heterocycles. The van der Waals surface area contributed by atoms with Crippen LogP contribution < -0.4 is 16.0 Å². The van der Waals surface area contributed by atoms with Crippen LogP contribution in [0.5, 0.6) is 0 Å². The van der Waals surface area contributed by atoms with E-state index in [-0.39, 0.29) is 17.1 Å². The zero-order chi connectivity index (χ0) is 16.8. The second-order valence-electron chi connectivity index (χ2n) is 4.63. The number of hydrogen-bond acceptors (Lipinski definition) is 7. The molecule has 0 spiro atoms. The van der Waals surface area contributed by atoms with Crippen LogP contribution >= 0.6 is 23.1 Å². The highest BCUT2D eigenvalue weighted by molar-refractivity contribution is 8.02. The highest BCUT2D eigenvalue weighted by Crippen LogP contribution is 2.29. The summed E-state index contributed by atoms with van der Waals surface area (Å²) in [5.41, 5.74) is 1.36. The minimum absolute atomic E-state index is 0.122. The largest absolute Gasteiger partial charge is 0.363 e. The highest BCUT2D eigenvalue weighted by Gasteiger charge is 2.17. The summed E-state index contributed by atoms with van der Waals surface area (Å²) in [5.74, 6) is -0.256. The standard InChI is InChI=1S/C14H17N5O2S2/c1-8(22-14-19-18-13(15-3)23-14)12(21)17-11-6-4-10(5-7-11)16-9(2)20/h4-8H,1-3H3,(H,15,18)(H,16,20)(H,17,21)/t8-/m0/s1. The zero-order valence-electron chi connectivity index (χ0n) is 12.9. The van der Waals surface area contributed by atoms with Crippen LogP contribution in [-0.4, -0.2) is 34.3 Å². The van der Waals surface area contributed by atoms with Crippen LogP contribution in [0.15, 0.2) is 28.6 Å². The minimum atomic E-state index is -0.303. The number of aromatic nitrogens is 2. The molecule has 1 heterocycles. The Hall–Kier alpha value is -2.13. The van der Waals surface area contributed by atoms with Gasteiger partial charge in [-0.25, -0.2) is 0 Å². The molecule has 0 bridgehead atoms. The maximum Gasteiger partial charge on any atom is 0.237 e. The maximum absolute atomic E-state index is 12.2. The van der Waals surface area contributed by atoms with E-state index < -0.39 is 0 Å². The van der Waals surface area contributed by atoms with Gasteiger partial charge in [-0.05, 0) is 31.2 Å². The number of carbonyl (C=O) groups excluding carboxylic acids is 2. The van der Waals surface area contributed by atoms with Crippen molar-refractivity contribution >= 4 is 51.4 Å². The summed E-state index contributed by atoms with van der Waals surface area (Å²) in [6.45, 7) is 3.26. The van der Waals surface area contributed by atoms with Crippen LogP contribution in [0.4, 0.5) is 16.5 Å². The summed E-state index contributed by atoms with van der Waals surface area (Å²) in [5, 5.41) is 16.8. The van der Waals surface area contributed by atoms with Crippen molar-refractivity contribution in [2.75, 3.05) is 23.0 Å². The third-order valence-electron chi connectivity index (χ3n) is 2.74. The van der Waals surface area contributed by atoms with Gasteiger partial charge in [0.2, 0.25) is 16.9 Å². The van der Waals surface area contributed by atoms with Crippen molar-refractivity contribution in [1.82, 2.24) is 10.2 Å². The Labute approximate surface area is 142 Å². The number of nitrogens with one attached hydrogen (secondary N) is 3. The van der Waals surface area contributed by atoms with E-state index >= 15 is 0 Å². The molecule has 9 heteroatoms. The molecule has 0 fully saturated rings. The van der Waals surface area contributed by atoms with E-state index in [0.29, 0.717) is 16.5 Å². The first-order chi connectivity index (χ1) is 11.0. The zero-order valence-corrected chi connectivity index (χ0v) is 14.5. The van der Waals surface area contributed by atoms with Gasteiger partial charge in [0.1, 0.15) is 0 Å². The lowest BCUT2D eigenvalue weighted by molar-refractivity contribution is -0.115. The number of amides is 2. The Morgan fingerprint density at radius 1 is 1.13 bits per heavy atom. The van der Waals surface area contributed by atoms with Crippen LogP contribution in [0.25, 0.3) is 0 Å². The van der Waals surface area contributed by atoms with Crippen LogP contribution in [0.2, 0.25) is 0 Å². The summed E-state index contributed by atoms with van der Waals surface area (Å²) in [6.07, 6.45) is 0. The predicted octanol–water partition coefficient (Wildman–Crippen LogP) is 2.66. The smallest absolute Gasteiger partial charge is 0.237 e. The highest BCUT2D eigenvalue weighted by atomic mass is 32.2. The molecule has 1 atom stereocenters. The van der Waals surface area contributed by atoms with Gasteiger partial charge in [-0.3, -0.25) is 9.59 Å². The summed E-state index contributed by atoms with van der Waals surface area (Å²) in [6, 6.07) is 6.95. The van der Waals surface area contributed by atoms with Crippen molar-refractivity contribution in [3.05, 3.63) is 24.3 Å². The molecule has 3 N–H and O–H groups in total. The lowest BCUT2D eigenvalue weighted by Crippen LogP contribution is -2.22. The fourth-order valence-electron chi connectivity index (χ4n) is 1.65. The van der Waals surface area contributed by atoms with Gasteiger partial charge in [0.15, 0.2) is 4.34 Å². The minimum Gasteiger partial charge on any atom is -0.363 e. The molecule has 23 heavy (non-hydrogen) atoms. The fourth-order valence-corrected chi connectivity index (χ4v) is 3.50. The first-order valence-electron chi connectivity index (χ1n) is 6.84. The molecule has 7 nitrogen and oxygen atoms in total. The molecule has 0 aliphatic carbocycles. The van der Waals surface area contributed by atoms with E-state index in [1.807, 2.05) is 6.92 Å². The van der Waals surface area contributed by atoms with Gasteiger partial charge in [0.25, 0.3) is 0 Å². The Bertz CT molecular complexity index is 687. The normalized spacial score (nSPS) is 11.6. The van der Waals surface area contributed by atoms with Gasteiger partial charge < -0.3 is 16.0 Å². The number of thioether (sulfide) groups is 1. The SMILES string of the molecule is CNc1nnc(S[C@@H](C)C(=O)Nc2ccc(NC(C)=O)cc2)s1. The topological polar surface area (TPSA) is 96.0 Å². The maximum atomic E-state index is 12.2. The van der Waals surface area contributed by atoms with E-state index in [9.17, 15) is 9.59 Å². The van der Waals surface area contributed by atoms with Gasteiger partial charge in [-0.2, -0.15) is 0 Å². The third kappa shape index (κ3) is 5.22. The number of carbonyl (C=O) groups is 2. The van der Waals surface area contributed by atoms with Gasteiger partial charge >= 0.3 is 0 Å². The van der Waals surface area contributed by atoms with E-state index in [4.69, 9.17) is 0 Å². The monoisotopic (exact) mass is 351 g/mol. The summed E-state index contributed by atoms with van der Waals surface area (Å²) in [7, 11) is 1.77. The number of hydrogen-bond donors (Lipinski definition) is 3. The van der Waals surface area contributed by atoms with Gasteiger partial charge in [-0.15, -0.1) is 10.2 Å². The molecular weight excluding hydrogens is 334 g/mol. The lowest BCUT2D eigenvalue weighted by Gasteiger charge is -2.11. The number of nitrogens with zero attached hydrogens (tertiary/aromatic N) is 2. The summed E-state index contributed by atoms with van der Waals surface area (Å²) in [4.78, 5) is 23.2. The molecule has 0 aliphatic heterocycles. The van der Waals surface area contributed by atoms with Crippen molar-refractivity contribution in [3.63, 3.8) is 0 Å². The van der Waals surface area contributed by atoms with E-state index in [0.717, 1.165) is 4.34 Å². The summed E-state index contributed by atoms with van der Waals surface area (Å²) >= 11 is 2.76. The van der Waals surface area contributed by atoms with Gasteiger partial charge in [-0.1, -0.05) is 23.1 Å². The van der Waals surface area contributed by atoms with Crippen molar-refractivity contribution in [2.45, 2.75) is 23.4 Å². The summed E-state index contributed by atoms with van der Waals surface area (Å²) < 4.78 is 0.734. The number of anilines is 3. The van der Waals surface area contributed by atoms with Gasteiger partial charge in [0.05, 0.1) is 5.25 Å². The Morgan fingerprint density at radius 3 is 2.26 bits per heavy atom. The molecule has 1 aromatic heterocycles. The molecule has 0 saturated carbocycles. The van der Waals surface area contributed by atoms with Crippen LogP contribution in [-0.2, 0) is 9.59 Å². The molecule has 2 aromatic rings. The average Bonchev–Trinajstić information content (AvgIpc) is 2.96. The van der Waals surface area contributed by atoms with E-state index in [2.05, 4.69) is 26.1 Å². The molecular formula is C14H17N5O2S2. The van der Waals surface area contributed by atoms with Crippen LogP contribution in [0, 0.1) is 0 Å². The van der Waals surface area contributed by atoms with Crippen molar-refractivity contribution in [1.29, 1.82) is 0 Å². The van der Waals surface area contributed by atoms with E-state index in [1.165, 1.54) is 30.0 Å². The average molecular weight is 351 g/mol. The molecule has 2 amide bonds. The molecule has 0 aliphatic rings. The van der Waals surface area contributed by atoms with Crippen molar-refractivity contribution in [2.24, 2.45) is 0 Å². The molecule has 2 rings (SSSR count). The first-order valence-corrected chi connectivity index (χ1v) is 8.54. The number of benzene rings is 1. The van der Waals surface area contributed by atoms with E-state index in [1.54, 1.807) is 31.3 Å². The molecule has 1 aromatic carbocycles. The predicted molar refractivity (Wildman–Crippen MR) is 94.2 cm³/mol. The second kappa shape index (κ2) is 7.93. The molecule has 122 valence electrons. The van der Waals surface area contributed by atoms with Crippen LogP contribution in [0.3, 0.4) is 0 Å². The van der Waals surface area contributed by atoms with Crippen LogP contribution in [0.1, 0.15) is 13.8 Å². The molecule has 0 radical (unpaired) electrons. The Morgan fingerprint density at radius 2 is 1.74 bits per heavy atom. The molecule has 0 unspecified atom stereocenters.